The smallest absolute Gasteiger partial charge is 0.238 e. The minimum Gasteiger partial charge on any atom is -0.387 e. The van der Waals surface area contributed by atoms with E-state index in [-0.39, 0.29) is 6.54 Å². The Morgan fingerprint density at radius 1 is 1.42 bits per heavy atom. The van der Waals surface area contributed by atoms with Crippen molar-refractivity contribution in [2.45, 2.75) is 18.9 Å². The molecule has 0 unspecified atom stereocenters. The standard InChI is InChI=1S/C13H16F2N2O2/c1-2-13(19)7-17(8-13)6-11(18)16-12-9(14)4-3-5-10(12)15/h3-5,19H,2,6-8H2,1H3,(H,16,18). The summed E-state index contributed by atoms with van der Waals surface area (Å²) in [5.41, 5.74) is -1.16. The molecule has 1 amide bonds. The molecule has 4 nitrogen and oxygen atoms in total. The number of β-amino-alcohol motifs (C(OH)–C–C–N with tert-alkyl or cyclic N) is 1. The number of hydrogen-bond acceptors (Lipinski definition) is 3. The Morgan fingerprint density at radius 3 is 2.53 bits per heavy atom. The normalized spacial score (nSPS) is 17.9. The molecule has 0 radical (unpaired) electrons. The summed E-state index contributed by atoms with van der Waals surface area (Å²) in [5.74, 6) is -2.11. The van der Waals surface area contributed by atoms with Gasteiger partial charge in [-0.05, 0) is 18.6 Å². The molecule has 6 heteroatoms. The maximum Gasteiger partial charge on any atom is 0.238 e. The molecular formula is C13H16F2N2O2. The molecule has 0 saturated carbocycles. The lowest BCUT2D eigenvalue weighted by Crippen LogP contribution is -2.62. The molecule has 0 bridgehead atoms. The van der Waals surface area contributed by atoms with E-state index >= 15 is 0 Å². The fourth-order valence-corrected chi connectivity index (χ4v) is 2.12. The second-order valence-electron chi connectivity index (χ2n) is 4.87. The number of carbonyl (C=O) groups excluding carboxylic acids is 1. The van der Waals surface area contributed by atoms with Crippen LogP contribution in [0.4, 0.5) is 14.5 Å². The first-order valence-corrected chi connectivity index (χ1v) is 6.12. The summed E-state index contributed by atoms with van der Waals surface area (Å²) < 4.78 is 26.6. The van der Waals surface area contributed by atoms with Gasteiger partial charge in [-0.15, -0.1) is 0 Å². The third kappa shape index (κ3) is 3.08. The van der Waals surface area contributed by atoms with Gasteiger partial charge >= 0.3 is 0 Å². The first-order valence-electron chi connectivity index (χ1n) is 6.12. The third-order valence-corrected chi connectivity index (χ3v) is 3.29. The molecule has 0 aliphatic carbocycles. The summed E-state index contributed by atoms with van der Waals surface area (Å²) in [6.45, 7) is 2.68. The number of nitrogens with one attached hydrogen (secondary N) is 1. The van der Waals surface area contributed by atoms with E-state index in [4.69, 9.17) is 0 Å². The Hall–Kier alpha value is -1.53. The number of anilines is 1. The molecule has 1 saturated heterocycles. The van der Waals surface area contributed by atoms with Crippen LogP contribution < -0.4 is 5.32 Å². The van der Waals surface area contributed by atoms with Crippen molar-refractivity contribution in [2.75, 3.05) is 25.0 Å². The zero-order valence-electron chi connectivity index (χ0n) is 10.6. The van der Waals surface area contributed by atoms with E-state index in [2.05, 4.69) is 5.32 Å². The predicted octanol–water partition coefficient (Wildman–Crippen LogP) is 1.36. The van der Waals surface area contributed by atoms with Crippen LogP contribution in [0.25, 0.3) is 0 Å². The molecule has 19 heavy (non-hydrogen) atoms. The molecule has 1 aromatic carbocycles. The van der Waals surface area contributed by atoms with Crippen molar-refractivity contribution in [3.05, 3.63) is 29.8 Å². The highest BCUT2D eigenvalue weighted by Crippen LogP contribution is 2.24. The van der Waals surface area contributed by atoms with E-state index in [1.165, 1.54) is 6.07 Å². The van der Waals surface area contributed by atoms with Crippen molar-refractivity contribution in [3.63, 3.8) is 0 Å². The van der Waals surface area contributed by atoms with Crippen molar-refractivity contribution in [1.82, 2.24) is 4.90 Å². The average molecular weight is 270 g/mol. The van der Waals surface area contributed by atoms with Gasteiger partial charge in [0.1, 0.15) is 17.3 Å². The van der Waals surface area contributed by atoms with Crippen LogP contribution in [0.1, 0.15) is 13.3 Å². The predicted molar refractivity (Wildman–Crippen MR) is 66.7 cm³/mol. The number of hydrogen-bond donors (Lipinski definition) is 2. The second kappa shape index (κ2) is 5.22. The largest absolute Gasteiger partial charge is 0.387 e. The van der Waals surface area contributed by atoms with Crippen LogP contribution in [0.3, 0.4) is 0 Å². The second-order valence-corrected chi connectivity index (χ2v) is 4.87. The van der Waals surface area contributed by atoms with E-state index in [9.17, 15) is 18.7 Å². The van der Waals surface area contributed by atoms with Crippen LogP contribution in [0.2, 0.25) is 0 Å². The third-order valence-electron chi connectivity index (χ3n) is 3.29. The topological polar surface area (TPSA) is 52.6 Å². The van der Waals surface area contributed by atoms with Gasteiger partial charge in [-0.1, -0.05) is 13.0 Å². The first kappa shape index (κ1) is 13.9. The molecule has 0 atom stereocenters. The number of amides is 1. The van der Waals surface area contributed by atoms with Gasteiger partial charge in [-0.2, -0.15) is 0 Å². The van der Waals surface area contributed by atoms with Gasteiger partial charge in [0.2, 0.25) is 5.91 Å². The van der Waals surface area contributed by atoms with Crippen LogP contribution in [-0.2, 0) is 4.79 Å². The van der Waals surface area contributed by atoms with Crippen molar-refractivity contribution < 1.29 is 18.7 Å². The van der Waals surface area contributed by atoms with Gasteiger partial charge in [0.15, 0.2) is 0 Å². The molecule has 0 spiro atoms. The number of nitrogens with zero attached hydrogens (tertiary/aromatic N) is 1. The lowest BCUT2D eigenvalue weighted by Gasteiger charge is -2.45. The zero-order chi connectivity index (χ0) is 14.0. The highest BCUT2D eigenvalue weighted by Gasteiger charge is 2.39. The SMILES string of the molecule is CCC1(O)CN(CC(=O)Nc2c(F)cccc2F)C1. The fourth-order valence-electron chi connectivity index (χ4n) is 2.12. The van der Waals surface area contributed by atoms with Gasteiger partial charge in [-0.25, -0.2) is 8.78 Å². The average Bonchev–Trinajstić information content (AvgIpc) is 2.32. The molecule has 2 N–H and O–H groups in total. The summed E-state index contributed by atoms with van der Waals surface area (Å²) in [6, 6.07) is 3.40. The lowest BCUT2D eigenvalue weighted by molar-refractivity contribution is -0.128. The van der Waals surface area contributed by atoms with Crippen molar-refractivity contribution in [2.24, 2.45) is 0 Å². The van der Waals surface area contributed by atoms with E-state index in [1.807, 2.05) is 6.92 Å². The maximum atomic E-state index is 13.3. The summed E-state index contributed by atoms with van der Waals surface area (Å²) >= 11 is 0. The van der Waals surface area contributed by atoms with Gasteiger partial charge in [0.25, 0.3) is 0 Å². The quantitative estimate of drug-likeness (QED) is 0.868. The zero-order valence-corrected chi connectivity index (χ0v) is 10.6. The number of halogens is 2. The van der Waals surface area contributed by atoms with Gasteiger partial charge in [0, 0.05) is 13.1 Å². The Bertz CT molecular complexity index is 467. The Kier molecular flexibility index (Phi) is 3.82. The molecule has 1 aliphatic rings. The molecule has 2 rings (SSSR count). The molecule has 1 heterocycles. The van der Waals surface area contributed by atoms with E-state index in [0.29, 0.717) is 19.5 Å². The van der Waals surface area contributed by atoms with Gasteiger partial charge < -0.3 is 10.4 Å². The molecular weight excluding hydrogens is 254 g/mol. The Balaban J connectivity index is 1.89. The highest BCUT2D eigenvalue weighted by atomic mass is 19.1. The van der Waals surface area contributed by atoms with E-state index in [1.54, 1.807) is 4.90 Å². The van der Waals surface area contributed by atoms with Crippen LogP contribution in [0.5, 0.6) is 0 Å². The van der Waals surface area contributed by atoms with E-state index in [0.717, 1.165) is 12.1 Å². The van der Waals surface area contributed by atoms with Crippen molar-refractivity contribution in [1.29, 1.82) is 0 Å². The van der Waals surface area contributed by atoms with Gasteiger partial charge in [-0.3, -0.25) is 9.69 Å². The highest BCUT2D eigenvalue weighted by molar-refractivity contribution is 5.92. The summed E-state index contributed by atoms with van der Waals surface area (Å²) in [6.07, 6.45) is 0.618. The number of benzene rings is 1. The molecule has 1 fully saturated rings. The molecule has 0 aromatic heterocycles. The van der Waals surface area contributed by atoms with Crippen molar-refractivity contribution in [3.8, 4) is 0 Å². The lowest BCUT2D eigenvalue weighted by atomic mass is 9.91. The van der Waals surface area contributed by atoms with Crippen LogP contribution in [0.15, 0.2) is 18.2 Å². The summed E-state index contributed by atoms with van der Waals surface area (Å²) in [7, 11) is 0. The molecule has 1 aliphatic heterocycles. The first-order chi connectivity index (χ1) is 8.93. The minimum atomic E-state index is -0.804. The number of carbonyl (C=O) groups is 1. The number of likely N-dealkylation sites (tertiary alicyclic amines) is 1. The minimum absolute atomic E-state index is 0.0100. The van der Waals surface area contributed by atoms with Gasteiger partial charge in [0.05, 0.1) is 12.1 Å². The summed E-state index contributed by atoms with van der Waals surface area (Å²) in [4.78, 5) is 13.4. The van der Waals surface area contributed by atoms with Crippen molar-refractivity contribution >= 4 is 11.6 Å². The maximum absolute atomic E-state index is 13.3. The molecule has 104 valence electrons. The monoisotopic (exact) mass is 270 g/mol. The molecule has 1 aromatic rings. The van der Waals surface area contributed by atoms with Crippen LogP contribution in [0, 0.1) is 11.6 Å². The number of para-hydroxylation sites is 1. The summed E-state index contributed by atoms with van der Waals surface area (Å²) in [5, 5.41) is 12.0. The Morgan fingerprint density at radius 2 is 2.00 bits per heavy atom. The fraction of sp³-hybridized carbons (Fsp3) is 0.462. The number of aliphatic hydroxyl groups is 1. The number of rotatable bonds is 4. The Labute approximate surface area is 110 Å². The van der Waals surface area contributed by atoms with Crippen LogP contribution in [-0.4, -0.2) is 41.1 Å². The van der Waals surface area contributed by atoms with E-state index < -0.39 is 28.8 Å². The van der Waals surface area contributed by atoms with Crippen LogP contribution >= 0.6 is 0 Å².